The molecule has 1 aromatic heterocycles. The average Bonchev–Trinajstić information content (AvgIpc) is 2.87. The maximum atomic E-state index is 12.0. The number of benzene rings is 1. The number of hydrogen-bond acceptors (Lipinski definition) is 5. The van der Waals surface area contributed by atoms with E-state index in [1.807, 2.05) is 6.92 Å². The first-order chi connectivity index (χ1) is 9.10. The lowest BCUT2D eigenvalue weighted by Gasteiger charge is -2.01. The number of thioether (sulfide) groups is 1. The highest BCUT2D eigenvalue weighted by Gasteiger charge is 2.11. The summed E-state index contributed by atoms with van der Waals surface area (Å²) in [5.41, 5.74) is 0.558. The summed E-state index contributed by atoms with van der Waals surface area (Å²) in [5.74, 6) is 1.13. The van der Waals surface area contributed by atoms with Gasteiger partial charge in [0.25, 0.3) is 0 Å². The van der Waals surface area contributed by atoms with Gasteiger partial charge in [0.05, 0.1) is 15.8 Å². The minimum Gasteiger partial charge on any atom is -0.293 e. The number of halogens is 2. The van der Waals surface area contributed by atoms with Gasteiger partial charge in [0.2, 0.25) is 0 Å². The fourth-order valence-corrected chi connectivity index (χ4v) is 3.21. The summed E-state index contributed by atoms with van der Waals surface area (Å²) in [5, 5.41) is 0.837. The maximum Gasteiger partial charge on any atom is 0.173 e. The average molecular weight is 333 g/mol. The zero-order valence-corrected chi connectivity index (χ0v) is 13.2. The van der Waals surface area contributed by atoms with Crippen molar-refractivity contribution in [2.45, 2.75) is 17.7 Å². The predicted molar refractivity (Wildman–Crippen MR) is 80.8 cm³/mol. The molecule has 0 aliphatic carbocycles. The van der Waals surface area contributed by atoms with E-state index >= 15 is 0 Å². The summed E-state index contributed by atoms with van der Waals surface area (Å²) in [4.78, 5) is 16.3. The van der Waals surface area contributed by atoms with Gasteiger partial charge >= 0.3 is 0 Å². The molecule has 0 saturated heterocycles. The second kappa shape index (κ2) is 6.70. The van der Waals surface area contributed by atoms with Crippen LogP contribution in [0.3, 0.4) is 0 Å². The van der Waals surface area contributed by atoms with Crippen molar-refractivity contribution in [1.82, 2.24) is 9.36 Å². The molecule has 3 nitrogen and oxygen atoms in total. The van der Waals surface area contributed by atoms with Crippen molar-refractivity contribution in [3.05, 3.63) is 39.6 Å². The van der Waals surface area contributed by atoms with Gasteiger partial charge in [-0.1, -0.05) is 41.9 Å². The molecule has 1 aromatic carbocycles. The van der Waals surface area contributed by atoms with Crippen LogP contribution in [-0.4, -0.2) is 20.9 Å². The van der Waals surface area contributed by atoms with Crippen LogP contribution in [0.5, 0.6) is 0 Å². The molecular formula is C12H10Cl2N2OS2. The van der Waals surface area contributed by atoms with Crippen LogP contribution >= 0.6 is 46.5 Å². The van der Waals surface area contributed by atoms with Crippen LogP contribution in [0.4, 0.5) is 0 Å². The Kier molecular flexibility index (Phi) is 5.21. The first kappa shape index (κ1) is 14.8. The third kappa shape index (κ3) is 3.92. The number of ketones is 1. The Morgan fingerprint density at radius 2 is 2.16 bits per heavy atom. The minimum atomic E-state index is -0.00295. The van der Waals surface area contributed by atoms with Crippen molar-refractivity contribution in [2.24, 2.45) is 0 Å². The van der Waals surface area contributed by atoms with E-state index in [1.54, 1.807) is 18.2 Å². The van der Waals surface area contributed by atoms with E-state index in [0.717, 1.165) is 16.6 Å². The summed E-state index contributed by atoms with van der Waals surface area (Å²) in [6.07, 6.45) is 0.803. The zero-order chi connectivity index (χ0) is 13.8. The Hall–Kier alpha value is -0.620. The Morgan fingerprint density at radius 3 is 2.79 bits per heavy atom. The van der Waals surface area contributed by atoms with Crippen molar-refractivity contribution in [2.75, 3.05) is 5.75 Å². The van der Waals surface area contributed by atoms with Gasteiger partial charge in [0.1, 0.15) is 5.82 Å². The second-order valence-corrected chi connectivity index (χ2v) is 6.46. The summed E-state index contributed by atoms with van der Waals surface area (Å²) in [6.45, 7) is 2.00. The SMILES string of the molecule is CCc1nsc(SCC(=O)c2ccc(Cl)c(Cl)c2)n1. The largest absolute Gasteiger partial charge is 0.293 e. The van der Waals surface area contributed by atoms with Crippen LogP contribution in [0, 0.1) is 0 Å². The third-order valence-corrected chi connectivity index (χ3v) is 4.94. The molecule has 2 rings (SSSR count). The summed E-state index contributed by atoms with van der Waals surface area (Å²) < 4.78 is 4.98. The molecule has 0 unspecified atom stereocenters. The first-order valence-corrected chi connectivity index (χ1v) is 8.05. The Balaban J connectivity index is 1.99. The van der Waals surface area contributed by atoms with Gasteiger partial charge in [0.15, 0.2) is 10.1 Å². The molecule has 1 heterocycles. The monoisotopic (exact) mass is 332 g/mol. The molecule has 0 fully saturated rings. The topological polar surface area (TPSA) is 42.9 Å². The first-order valence-electron chi connectivity index (χ1n) is 5.53. The van der Waals surface area contributed by atoms with Crippen molar-refractivity contribution in [3.63, 3.8) is 0 Å². The van der Waals surface area contributed by atoms with Crippen LogP contribution in [-0.2, 0) is 6.42 Å². The van der Waals surface area contributed by atoms with Crippen molar-refractivity contribution in [1.29, 1.82) is 0 Å². The smallest absolute Gasteiger partial charge is 0.173 e. The number of carbonyl (C=O) groups is 1. The molecule has 0 spiro atoms. The standard InChI is InChI=1S/C12H10Cl2N2OS2/c1-2-11-15-12(19-16-11)18-6-10(17)7-3-4-8(13)9(14)5-7/h3-5H,2,6H2,1H3. The number of aryl methyl sites for hydroxylation is 1. The summed E-state index contributed by atoms with van der Waals surface area (Å²) >= 11 is 14.4. The number of hydrogen-bond donors (Lipinski definition) is 0. The van der Waals surface area contributed by atoms with E-state index in [4.69, 9.17) is 23.2 Å². The normalized spacial score (nSPS) is 10.7. The van der Waals surface area contributed by atoms with Crippen molar-refractivity contribution in [3.8, 4) is 0 Å². The Labute approximate surface area is 129 Å². The van der Waals surface area contributed by atoms with Crippen LogP contribution in [0.15, 0.2) is 22.5 Å². The maximum absolute atomic E-state index is 12.0. The fraction of sp³-hybridized carbons (Fsp3) is 0.250. The number of carbonyl (C=O) groups excluding carboxylic acids is 1. The van der Waals surface area contributed by atoms with Gasteiger partial charge in [0, 0.05) is 12.0 Å². The number of rotatable bonds is 5. The van der Waals surface area contributed by atoms with Crippen molar-refractivity contribution < 1.29 is 4.79 Å². The molecule has 0 atom stereocenters. The molecule has 100 valence electrons. The molecule has 0 saturated carbocycles. The van der Waals surface area contributed by atoms with Crippen LogP contribution in [0.1, 0.15) is 23.1 Å². The second-order valence-electron chi connectivity index (χ2n) is 3.67. The lowest BCUT2D eigenvalue weighted by molar-refractivity contribution is 0.102. The van der Waals surface area contributed by atoms with E-state index in [-0.39, 0.29) is 5.78 Å². The van der Waals surface area contributed by atoms with Crippen LogP contribution < -0.4 is 0 Å². The van der Waals surface area contributed by atoms with Gasteiger partial charge < -0.3 is 0 Å². The van der Waals surface area contributed by atoms with Gasteiger partial charge in [-0.3, -0.25) is 4.79 Å². The van der Waals surface area contributed by atoms with E-state index in [1.165, 1.54) is 23.3 Å². The molecule has 0 aliphatic heterocycles. The number of aromatic nitrogens is 2. The highest BCUT2D eigenvalue weighted by molar-refractivity contribution is 8.01. The highest BCUT2D eigenvalue weighted by atomic mass is 35.5. The lowest BCUT2D eigenvalue weighted by atomic mass is 10.1. The lowest BCUT2D eigenvalue weighted by Crippen LogP contribution is -2.02. The molecule has 7 heteroatoms. The highest BCUT2D eigenvalue weighted by Crippen LogP contribution is 2.25. The van der Waals surface area contributed by atoms with Gasteiger partial charge in [-0.15, -0.1) is 0 Å². The van der Waals surface area contributed by atoms with Crippen LogP contribution in [0.2, 0.25) is 10.0 Å². The summed E-state index contributed by atoms with van der Waals surface area (Å²) in [7, 11) is 0. The van der Waals surface area contributed by atoms with E-state index < -0.39 is 0 Å². The minimum absolute atomic E-state index is 0.00295. The van der Waals surface area contributed by atoms with Gasteiger partial charge in [-0.2, -0.15) is 4.37 Å². The molecular weight excluding hydrogens is 323 g/mol. The van der Waals surface area contributed by atoms with E-state index in [0.29, 0.717) is 21.4 Å². The summed E-state index contributed by atoms with van der Waals surface area (Å²) in [6, 6.07) is 4.89. The number of nitrogens with zero attached hydrogens (tertiary/aromatic N) is 2. The number of Topliss-reactive ketones (excluding diaryl/α,β-unsaturated/α-hetero) is 1. The van der Waals surface area contributed by atoms with Crippen LogP contribution in [0.25, 0.3) is 0 Å². The van der Waals surface area contributed by atoms with Gasteiger partial charge in [-0.25, -0.2) is 4.98 Å². The molecule has 19 heavy (non-hydrogen) atoms. The Morgan fingerprint density at radius 1 is 1.37 bits per heavy atom. The Bertz CT molecular complexity index is 601. The molecule has 0 radical (unpaired) electrons. The van der Waals surface area contributed by atoms with E-state index in [9.17, 15) is 4.79 Å². The predicted octanol–water partition coefficient (Wildman–Crippen LogP) is 4.38. The van der Waals surface area contributed by atoms with E-state index in [2.05, 4.69) is 9.36 Å². The molecule has 0 aliphatic rings. The van der Waals surface area contributed by atoms with Crippen molar-refractivity contribution >= 4 is 52.3 Å². The van der Waals surface area contributed by atoms with Gasteiger partial charge in [-0.05, 0) is 29.7 Å². The molecule has 0 bridgehead atoms. The quantitative estimate of drug-likeness (QED) is 0.601. The molecule has 0 N–H and O–H groups in total. The zero-order valence-electron chi connectivity index (χ0n) is 10.0. The fourth-order valence-electron chi connectivity index (χ4n) is 1.32. The molecule has 2 aromatic rings. The third-order valence-electron chi connectivity index (χ3n) is 2.33. The molecule has 0 amide bonds.